The Morgan fingerprint density at radius 1 is 1.21 bits per heavy atom. The maximum Gasteiger partial charge on any atom is 0.312 e. The van der Waals surface area contributed by atoms with Gasteiger partial charge < -0.3 is 10.1 Å². The summed E-state index contributed by atoms with van der Waals surface area (Å²) < 4.78 is 34.4. The Labute approximate surface area is 197 Å². The molecule has 0 aliphatic rings. The number of aromatic nitrogens is 2. The van der Waals surface area contributed by atoms with Gasteiger partial charge >= 0.3 is 5.69 Å². The molecule has 12 heteroatoms. The lowest BCUT2D eigenvalue weighted by Gasteiger charge is -2.23. The van der Waals surface area contributed by atoms with E-state index in [4.69, 9.17) is 4.74 Å². The Bertz CT molecular complexity index is 1320. The van der Waals surface area contributed by atoms with Crippen molar-refractivity contribution in [1.82, 2.24) is 9.78 Å². The van der Waals surface area contributed by atoms with Crippen LogP contribution in [0.4, 0.5) is 17.1 Å². The Morgan fingerprint density at radius 2 is 1.88 bits per heavy atom. The molecule has 0 unspecified atom stereocenters. The number of rotatable bonds is 9. The Morgan fingerprint density at radius 3 is 2.44 bits per heavy atom. The zero-order valence-corrected chi connectivity index (χ0v) is 20.0. The number of aryl methyl sites for hydroxylation is 1. The molecule has 1 N–H and O–H groups in total. The van der Waals surface area contributed by atoms with Crippen LogP contribution in [0.3, 0.4) is 0 Å². The first-order valence-electron chi connectivity index (χ1n) is 10.3. The topological polar surface area (TPSA) is 137 Å². The fourth-order valence-corrected chi connectivity index (χ4v) is 5.09. The molecule has 0 aliphatic heterocycles. The number of methoxy groups -OCH3 is 1. The van der Waals surface area contributed by atoms with Crippen LogP contribution in [0.1, 0.15) is 18.3 Å². The molecule has 0 radical (unpaired) electrons. The van der Waals surface area contributed by atoms with Crippen LogP contribution in [-0.4, -0.2) is 42.7 Å². The highest BCUT2D eigenvalue weighted by atomic mass is 32.2. The van der Waals surface area contributed by atoms with E-state index in [0.29, 0.717) is 5.69 Å². The molecule has 0 aliphatic carbocycles. The molecule has 180 valence electrons. The van der Waals surface area contributed by atoms with Gasteiger partial charge in [-0.1, -0.05) is 18.2 Å². The van der Waals surface area contributed by atoms with E-state index in [9.17, 15) is 23.3 Å². The number of anilines is 2. The molecule has 11 nitrogen and oxygen atoms in total. The molecule has 34 heavy (non-hydrogen) atoms. The Balaban J connectivity index is 1.91. The third-order valence-electron chi connectivity index (χ3n) is 5.18. The summed E-state index contributed by atoms with van der Waals surface area (Å²) in [6.45, 7) is 4.62. The summed E-state index contributed by atoms with van der Waals surface area (Å²) in [6.07, 6.45) is 0. The van der Waals surface area contributed by atoms with Gasteiger partial charge in [0.25, 0.3) is 10.0 Å². The van der Waals surface area contributed by atoms with E-state index in [1.807, 2.05) is 0 Å². The zero-order valence-electron chi connectivity index (χ0n) is 19.2. The largest absolute Gasteiger partial charge is 0.495 e. The van der Waals surface area contributed by atoms with Gasteiger partial charge in [-0.2, -0.15) is 5.10 Å². The minimum Gasteiger partial charge on any atom is -0.495 e. The minimum absolute atomic E-state index is 0.0314. The molecule has 0 fully saturated rings. The van der Waals surface area contributed by atoms with Crippen LogP contribution in [0.2, 0.25) is 0 Å². The van der Waals surface area contributed by atoms with E-state index >= 15 is 0 Å². The number of hydrogen-bond acceptors (Lipinski definition) is 7. The van der Waals surface area contributed by atoms with Crippen molar-refractivity contribution >= 4 is 33.0 Å². The minimum atomic E-state index is -3.93. The monoisotopic (exact) mass is 487 g/mol. The van der Waals surface area contributed by atoms with Crippen LogP contribution < -0.4 is 14.4 Å². The number of ether oxygens (including phenoxy) is 1. The van der Waals surface area contributed by atoms with Crippen molar-refractivity contribution in [2.24, 2.45) is 0 Å². The molecular weight excluding hydrogens is 462 g/mol. The number of amides is 1. The van der Waals surface area contributed by atoms with Crippen molar-refractivity contribution in [2.75, 3.05) is 23.3 Å². The average Bonchev–Trinajstić information content (AvgIpc) is 3.07. The SMILES string of the molecule is CCN(c1ccccc1)S(=O)(=O)c1ccc(OC)c(NC(=O)Cn2nc(C)c([N+](=O)[O-])c2C)c1. The van der Waals surface area contributed by atoms with Gasteiger partial charge in [-0.05, 0) is 51.1 Å². The van der Waals surface area contributed by atoms with Gasteiger partial charge in [0.1, 0.15) is 23.7 Å². The molecule has 0 atom stereocenters. The highest BCUT2D eigenvalue weighted by Gasteiger charge is 2.26. The molecule has 3 rings (SSSR count). The fourth-order valence-electron chi connectivity index (χ4n) is 3.59. The number of sulfonamides is 1. The highest BCUT2D eigenvalue weighted by molar-refractivity contribution is 7.92. The lowest BCUT2D eigenvalue weighted by atomic mass is 10.3. The second-order valence-corrected chi connectivity index (χ2v) is 9.21. The summed E-state index contributed by atoms with van der Waals surface area (Å²) in [6, 6.07) is 12.9. The molecule has 0 bridgehead atoms. The maximum absolute atomic E-state index is 13.3. The predicted octanol–water partition coefficient (Wildman–Crippen LogP) is 3.27. The summed E-state index contributed by atoms with van der Waals surface area (Å²) >= 11 is 0. The van der Waals surface area contributed by atoms with E-state index in [-0.39, 0.29) is 46.5 Å². The van der Waals surface area contributed by atoms with E-state index in [1.165, 1.54) is 48.1 Å². The van der Waals surface area contributed by atoms with Crippen molar-refractivity contribution in [2.45, 2.75) is 32.2 Å². The molecule has 2 aromatic carbocycles. The third kappa shape index (κ3) is 4.86. The Kier molecular flexibility index (Phi) is 7.20. The first-order valence-corrected chi connectivity index (χ1v) is 11.8. The number of nitro groups is 1. The highest BCUT2D eigenvalue weighted by Crippen LogP contribution is 2.31. The number of hydrogen-bond donors (Lipinski definition) is 1. The summed E-state index contributed by atoms with van der Waals surface area (Å²) in [5.74, 6) is -0.293. The predicted molar refractivity (Wildman–Crippen MR) is 127 cm³/mol. The lowest BCUT2D eigenvalue weighted by molar-refractivity contribution is -0.386. The molecule has 1 amide bonds. The van der Waals surface area contributed by atoms with Crippen LogP contribution in [0.5, 0.6) is 5.75 Å². The fraction of sp³-hybridized carbons (Fsp3) is 0.273. The van der Waals surface area contributed by atoms with Crippen LogP contribution in [0.25, 0.3) is 0 Å². The van der Waals surface area contributed by atoms with E-state index in [1.54, 1.807) is 37.3 Å². The number of benzene rings is 2. The Hall–Kier alpha value is -3.93. The van der Waals surface area contributed by atoms with Crippen molar-refractivity contribution in [1.29, 1.82) is 0 Å². The number of carbonyl (C=O) groups is 1. The zero-order chi connectivity index (χ0) is 25.0. The van der Waals surface area contributed by atoms with Crippen molar-refractivity contribution in [3.05, 3.63) is 70.0 Å². The second-order valence-electron chi connectivity index (χ2n) is 7.35. The molecule has 3 aromatic rings. The van der Waals surface area contributed by atoms with Gasteiger partial charge in [0.05, 0.1) is 28.3 Å². The third-order valence-corrected chi connectivity index (χ3v) is 7.08. The summed E-state index contributed by atoms with van der Waals surface area (Å²) in [5, 5.41) is 17.9. The number of nitrogens with zero attached hydrogens (tertiary/aromatic N) is 4. The van der Waals surface area contributed by atoms with Crippen LogP contribution in [-0.2, 0) is 21.4 Å². The molecule has 1 aromatic heterocycles. The van der Waals surface area contributed by atoms with Crippen molar-refractivity contribution < 1.29 is 22.9 Å². The molecule has 0 saturated carbocycles. The van der Waals surface area contributed by atoms with Gasteiger partial charge in [-0.15, -0.1) is 0 Å². The smallest absolute Gasteiger partial charge is 0.312 e. The summed E-state index contributed by atoms with van der Waals surface area (Å²) in [5.41, 5.74) is 0.939. The van der Waals surface area contributed by atoms with Crippen molar-refractivity contribution in [3.8, 4) is 5.75 Å². The van der Waals surface area contributed by atoms with E-state index < -0.39 is 20.9 Å². The van der Waals surface area contributed by atoms with Crippen LogP contribution in [0, 0.1) is 24.0 Å². The number of para-hydroxylation sites is 1. The summed E-state index contributed by atoms with van der Waals surface area (Å²) in [7, 11) is -2.54. The summed E-state index contributed by atoms with van der Waals surface area (Å²) in [4.78, 5) is 23.3. The van der Waals surface area contributed by atoms with Gasteiger partial charge in [0.2, 0.25) is 5.91 Å². The number of carbonyl (C=O) groups excluding carboxylic acids is 1. The average molecular weight is 488 g/mol. The lowest BCUT2D eigenvalue weighted by Crippen LogP contribution is -2.30. The maximum atomic E-state index is 13.3. The van der Waals surface area contributed by atoms with Gasteiger partial charge in [0.15, 0.2) is 0 Å². The first kappa shape index (κ1) is 24.7. The number of nitrogens with one attached hydrogen (secondary N) is 1. The molecular formula is C22H25N5O6S. The normalized spacial score (nSPS) is 11.2. The van der Waals surface area contributed by atoms with E-state index in [2.05, 4.69) is 10.4 Å². The van der Waals surface area contributed by atoms with Gasteiger partial charge in [0, 0.05) is 6.54 Å². The van der Waals surface area contributed by atoms with Gasteiger partial charge in [-0.3, -0.25) is 23.9 Å². The van der Waals surface area contributed by atoms with Crippen LogP contribution >= 0.6 is 0 Å². The van der Waals surface area contributed by atoms with E-state index in [0.717, 1.165) is 0 Å². The second kappa shape index (κ2) is 9.91. The van der Waals surface area contributed by atoms with Gasteiger partial charge in [-0.25, -0.2) is 8.42 Å². The molecule has 0 saturated heterocycles. The standard InChI is InChI=1S/C22H25N5O6S/c1-5-26(17-9-7-6-8-10-17)34(31,32)18-11-12-20(33-4)19(13-18)23-21(28)14-25-16(3)22(27(29)30)15(2)24-25/h6-13H,5,14H2,1-4H3,(H,23,28). The first-order chi connectivity index (χ1) is 16.1. The molecule has 1 heterocycles. The molecule has 0 spiro atoms. The quantitative estimate of drug-likeness (QED) is 0.361. The van der Waals surface area contributed by atoms with Crippen molar-refractivity contribution in [3.63, 3.8) is 0 Å². The van der Waals surface area contributed by atoms with Crippen LogP contribution in [0.15, 0.2) is 53.4 Å².